The summed E-state index contributed by atoms with van der Waals surface area (Å²) >= 11 is 3.40. The summed E-state index contributed by atoms with van der Waals surface area (Å²) < 4.78 is 18.4. The van der Waals surface area contributed by atoms with Gasteiger partial charge in [0.25, 0.3) is 0 Å². The van der Waals surface area contributed by atoms with E-state index in [1.807, 2.05) is 30.3 Å². The zero-order valence-corrected chi connectivity index (χ0v) is 10.0. The zero-order chi connectivity index (χ0) is 11.4. The second-order valence-corrected chi connectivity index (χ2v) is 4.13. The molecule has 0 aliphatic carbocycles. The summed E-state index contributed by atoms with van der Waals surface area (Å²) in [5, 5.41) is -0.268. The van der Waals surface area contributed by atoms with Gasteiger partial charge in [-0.3, -0.25) is 0 Å². The van der Waals surface area contributed by atoms with Crippen LogP contribution in [0.1, 0.15) is 10.6 Å². The highest BCUT2D eigenvalue weighted by atomic mass is 79.9. The van der Waals surface area contributed by atoms with Crippen molar-refractivity contribution < 1.29 is 9.13 Å². The number of hydrogen-bond acceptors (Lipinski definition) is 1. The third-order valence-electron chi connectivity index (χ3n) is 2.11. The monoisotopic (exact) mass is 280 g/mol. The average molecular weight is 281 g/mol. The number of alkyl halides is 1. The Balaban J connectivity index is 2.09. The lowest BCUT2D eigenvalue weighted by Gasteiger charge is -2.13. The van der Waals surface area contributed by atoms with Gasteiger partial charge < -0.3 is 4.74 Å². The second kappa shape index (κ2) is 5.12. The quantitative estimate of drug-likeness (QED) is 0.762. The fourth-order valence-corrected chi connectivity index (χ4v) is 1.82. The minimum Gasteiger partial charge on any atom is -0.474 e. The molecular formula is C13H10BrFO. The van der Waals surface area contributed by atoms with E-state index in [1.54, 1.807) is 12.1 Å². The smallest absolute Gasteiger partial charge is 0.178 e. The minimum absolute atomic E-state index is 0.247. The zero-order valence-electron chi connectivity index (χ0n) is 8.44. The average Bonchev–Trinajstić information content (AvgIpc) is 2.31. The first-order valence-electron chi connectivity index (χ1n) is 4.87. The van der Waals surface area contributed by atoms with E-state index in [0.717, 1.165) is 11.3 Å². The van der Waals surface area contributed by atoms with E-state index in [-0.39, 0.29) is 10.8 Å². The molecule has 0 aromatic heterocycles. The van der Waals surface area contributed by atoms with E-state index in [0.29, 0.717) is 0 Å². The summed E-state index contributed by atoms with van der Waals surface area (Å²) in [7, 11) is 0. The molecule has 0 radical (unpaired) electrons. The Bertz CT molecular complexity index is 441. The molecule has 2 aromatic carbocycles. The molecule has 0 N–H and O–H groups in total. The molecule has 1 nitrogen and oxygen atoms in total. The van der Waals surface area contributed by atoms with Gasteiger partial charge in [-0.1, -0.05) is 30.3 Å². The van der Waals surface area contributed by atoms with Crippen LogP contribution < -0.4 is 4.74 Å². The molecule has 0 saturated heterocycles. The number of halogens is 2. The Morgan fingerprint density at radius 3 is 2.19 bits per heavy atom. The van der Waals surface area contributed by atoms with Crippen LogP contribution in [0.5, 0.6) is 5.75 Å². The molecule has 1 atom stereocenters. The third-order valence-corrected chi connectivity index (χ3v) is 2.83. The summed E-state index contributed by atoms with van der Waals surface area (Å²) in [6.45, 7) is 0. The van der Waals surface area contributed by atoms with Crippen molar-refractivity contribution in [1.29, 1.82) is 0 Å². The van der Waals surface area contributed by atoms with Crippen molar-refractivity contribution in [1.82, 2.24) is 0 Å². The van der Waals surface area contributed by atoms with Crippen molar-refractivity contribution in [2.75, 3.05) is 0 Å². The van der Waals surface area contributed by atoms with Crippen LogP contribution in [0.2, 0.25) is 0 Å². The second-order valence-electron chi connectivity index (χ2n) is 3.30. The van der Waals surface area contributed by atoms with Gasteiger partial charge in [-0.2, -0.15) is 0 Å². The van der Waals surface area contributed by atoms with Gasteiger partial charge in [0, 0.05) is 5.56 Å². The van der Waals surface area contributed by atoms with Gasteiger partial charge in [0.15, 0.2) is 5.01 Å². The Morgan fingerprint density at radius 2 is 1.56 bits per heavy atom. The molecule has 3 heteroatoms. The summed E-state index contributed by atoms with van der Waals surface area (Å²) in [5.74, 6) is 0.525. The first-order chi connectivity index (χ1) is 7.75. The molecule has 0 amide bonds. The highest BCUT2D eigenvalue weighted by Gasteiger charge is 2.08. The van der Waals surface area contributed by atoms with Crippen LogP contribution in [0.4, 0.5) is 4.39 Å². The van der Waals surface area contributed by atoms with Gasteiger partial charge in [0.2, 0.25) is 0 Å². The Labute approximate surface area is 102 Å². The maximum Gasteiger partial charge on any atom is 0.178 e. The van der Waals surface area contributed by atoms with Crippen LogP contribution in [-0.4, -0.2) is 0 Å². The van der Waals surface area contributed by atoms with E-state index in [1.165, 1.54) is 12.1 Å². The Kier molecular flexibility index (Phi) is 3.57. The Morgan fingerprint density at radius 1 is 0.938 bits per heavy atom. The van der Waals surface area contributed by atoms with Crippen LogP contribution in [0.3, 0.4) is 0 Å². The lowest BCUT2D eigenvalue weighted by atomic mass is 10.2. The first kappa shape index (κ1) is 11.1. The van der Waals surface area contributed by atoms with E-state index in [2.05, 4.69) is 15.9 Å². The van der Waals surface area contributed by atoms with E-state index < -0.39 is 0 Å². The molecule has 0 saturated carbocycles. The fourth-order valence-electron chi connectivity index (χ4n) is 1.30. The van der Waals surface area contributed by atoms with Crippen LogP contribution in [0, 0.1) is 5.82 Å². The standard InChI is InChI=1S/C13H10BrFO/c14-13(10-6-8-11(15)9-7-10)16-12-4-2-1-3-5-12/h1-9,13H. The maximum absolute atomic E-state index is 12.7. The van der Waals surface area contributed by atoms with Gasteiger partial charge in [0.1, 0.15) is 11.6 Å². The highest BCUT2D eigenvalue weighted by molar-refractivity contribution is 9.09. The van der Waals surface area contributed by atoms with Crippen molar-refractivity contribution in [2.45, 2.75) is 5.01 Å². The molecule has 0 aliphatic heterocycles. The molecule has 0 bridgehead atoms. The van der Waals surface area contributed by atoms with Crippen LogP contribution in [0.15, 0.2) is 54.6 Å². The Hall–Kier alpha value is -1.35. The SMILES string of the molecule is Fc1ccc(C(Br)Oc2ccccc2)cc1. The number of hydrogen-bond donors (Lipinski definition) is 0. The number of rotatable bonds is 3. The van der Waals surface area contributed by atoms with Gasteiger partial charge in [-0.05, 0) is 40.2 Å². The molecule has 2 rings (SSSR count). The fraction of sp³-hybridized carbons (Fsp3) is 0.0769. The number of ether oxygens (including phenoxy) is 1. The van der Waals surface area contributed by atoms with Crippen molar-refractivity contribution >= 4 is 15.9 Å². The topological polar surface area (TPSA) is 9.23 Å². The molecule has 16 heavy (non-hydrogen) atoms. The maximum atomic E-state index is 12.7. The normalized spacial score (nSPS) is 12.1. The van der Waals surface area contributed by atoms with Crippen molar-refractivity contribution in [3.8, 4) is 5.75 Å². The van der Waals surface area contributed by atoms with E-state index in [4.69, 9.17) is 4.74 Å². The van der Waals surface area contributed by atoms with Crippen molar-refractivity contribution in [2.24, 2.45) is 0 Å². The van der Waals surface area contributed by atoms with Crippen molar-refractivity contribution in [3.05, 3.63) is 66.0 Å². The predicted octanol–water partition coefficient (Wildman–Crippen LogP) is 4.30. The molecule has 0 spiro atoms. The van der Waals surface area contributed by atoms with Gasteiger partial charge in [-0.25, -0.2) is 4.39 Å². The molecule has 1 unspecified atom stereocenters. The first-order valence-corrected chi connectivity index (χ1v) is 5.78. The minimum atomic E-state index is -0.268. The van der Waals surface area contributed by atoms with Gasteiger partial charge >= 0.3 is 0 Å². The van der Waals surface area contributed by atoms with Crippen LogP contribution in [-0.2, 0) is 0 Å². The lowest BCUT2D eigenvalue weighted by molar-refractivity contribution is 0.301. The van der Waals surface area contributed by atoms with Gasteiger partial charge in [-0.15, -0.1) is 0 Å². The summed E-state index contributed by atoms with van der Waals surface area (Å²) in [5.41, 5.74) is 0.880. The van der Waals surface area contributed by atoms with Crippen LogP contribution >= 0.6 is 15.9 Å². The molecule has 2 aromatic rings. The third kappa shape index (κ3) is 2.83. The van der Waals surface area contributed by atoms with Gasteiger partial charge in [0.05, 0.1) is 0 Å². The summed E-state index contributed by atoms with van der Waals surface area (Å²) in [6, 6.07) is 15.7. The molecule has 0 heterocycles. The number of para-hydroxylation sites is 1. The summed E-state index contributed by atoms with van der Waals surface area (Å²) in [6.07, 6.45) is 0. The van der Waals surface area contributed by atoms with Crippen molar-refractivity contribution in [3.63, 3.8) is 0 Å². The predicted molar refractivity (Wildman–Crippen MR) is 65.1 cm³/mol. The van der Waals surface area contributed by atoms with Crippen LogP contribution in [0.25, 0.3) is 0 Å². The molecular weight excluding hydrogens is 271 g/mol. The molecule has 0 aliphatic rings. The molecule has 82 valence electrons. The summed E-state index contributed by atoms with van der Waals surface area (Å²) in [4.78, 5) is 0. The number of benzene rings is 2. The van der Waals surface area contributed by atoms with E-state index >= 15 is 0 Å². The van der Waals surface area contributed by atoms with E-state index in [9.17, 15) is 4.39 Å². The molecule has 0 fully saturated rings. The lowest BCUT2D eigenvalue weighted by Crippen LogP contribution is -1.99. The highest BCUT2D eigenvalue weighted by Crippen LogP contribution is 2.26. The largest absolute Gasteiger partial charge is 0.474 e.